The summed E-state index contributed by atoms with van der Waals surface area (Å²) in [6, 6.07) is 11.4. The normalized spacial score (nSPS) is 13.7. The molecule has 2 heterocycles. The molecule has 1 aliphatic heterocycles. The van der Waals surface area contributed by atoms with Crippen LogP contribution in [0.4, 0.5) is 11.4 Å². The number of furan rings is 1. The molecule has 25 heavy (non-hydrogen) atoms. The van der Waals surface area contributed by atoms with Crippen molar-refractivity contribution in [2.75, 3.05) is 24.3 Å². The monoisotopic (exact) mass is 336 g/mol. The number of anilines is 2. The molecular formula is C20H20N2O3. The Balaban J connectivity index is 1.62. The van der Waals surface area contributed by atoms with Crippen molar-refractivity contribution in [3.05, 3.63) is 53.8 Å². The van der Waals surface area contributed by atoms with Crippen LogP contribution in [-0.2, 0) is 17.6 Å². The van der Waals surface area contributed by atoms with Crippen LogP contribution in [0.2, 0.25) is 0 Å². The number of amides is 1. The van der Waals surface area contributed by atoms with Crippen LogP contribution in [0, 0.1) is 0 Å². The number of methoxy groups -OCH3 is 1. The van der Waals surface area contributed by atoms with E-state index in [4.69, 9.17) is 14.9 Å². The lowest BCUT2D eigenvalue weighted by Crippen LogP contribution is -2.36. The van der Waals surface area contributed by atoms with Crippen LogP contribution in [-0.4, -0.2) is 19.6 Å². The molecule has 0 spiro atoms. The van der Waals surface area contributed by atoms with Gasteiger partial charge in [-0.15, -0.1) is 0 Å². The minimum atomic E-state index is 0.0602. The van der Waals surface area contributed by atoms with Gasteiger partial charge in [-0.05, 0) is 42.7 Å². The minimum Gasteiger partial charge on any atom is -0.497 e. The quantitative estimate of drug-likeness (QED) is 0.743. The SMILES string of the molecule is COc1ccc2c(CC(=O)N3CCCc4c(N)cccc43)coc2c1. The van der Waals surface area contributed by atoms with Gasteiger partial charge in [0.2, 0.25) is 5.91 Å². The lowest BCUT2D eigenvalue weighted by molar-refractivity contribution is -0.118. The Morgan fingerprint density at radius 2 is 2.20 bits per heavy atom. The zero-order valence-corrected chi connectivity index (χ0v) is 14.1. The topological polar surface area (TPSA) is 68.7 Å². The third-order valence-corrected chi connectivity index (χ3v) is 4.79. The van der Waals surface area contributed by atoms with E-state index in [9.17, 15) is 4.79 Å². The Hall–Kier alpha value is -2.95. The van der Waals surface area contributed by atoms with Crippen molar-refractivity contribution in [2.24, 2.45) is 0 Å². The largest absolute Gasteiger partial charge is 0.497 e. The van der Waals surface area contributed by atoms with Crippen molar-refractivity contribution in [3.63, 3.8) is 0 Å². The molecule has 5 heteroatoms. The van der Waals surface area contributed by atoms with Crippen LogP contribution in [0.5, 0.6) is 5.75 Å². The van der Waals surface area contributed by atoms with Crippen molar-refractivity contribution >= 4 is 28.3 Å². The van der Waals surface area contributed by atoms with E-state index in [1.807, 2.05) is 41.3 Å². The van der Waals surface area contributed by atoms with E-state index in [0.29, 0.717) is 6.42 Å². The average molecular weight is 336 g/mol. The fraction of sp³-hybridized carbons (Fsp3) is 0.250. The molecule has 0 saturated heterocycles. The van der Waals surface area contributed by atoms with Gasteiger partial charge in [0.15, 0.2) is 0 Å². The first-order valence-electron chi connectivity index (χ1n) is 8.39. The maximum absolute atomic E-state index is 12.9. The third kappa shape index (κ3) is 2.71. The van der Waals surface area contributed by atoms with Gasteiger partial charge in [-0.1, -0.05) is 6.07 Å². The number of ether oxygens (including phenoxy) is 1. The van der Waals surface area contributed by atoms with Crippen LogP contribution < -0.4 is 15.4 Å². The van der Waals surface area contributed by atoms with Crippen molar-refractivity contribution in [1.29, 1.82) is 0 Å². The molecule has 0 unspecified atom stereocenters. The summed E-state index contributed by atoms with van der Waals surface area (Å²) >= 11 is 0. The molecule has 1 aromatic heterocycles. The fourth-order valence-electron chi connectivity index (χ4n) is 3.50. The van der Waals surface area contributed by atoms with Crippen LogP contribution in [0.3, 0.4) is 0 Å². The van der Waals surface area contributed by atoms with Gasteiger partial charge in [0.1, 0.15) is 11.3 Å². The zero-order chi connectivity index (χ0) is 17.4. The first-order chi connectivity index (χ1) is 12.2. The number of hydrogen-bond donors (Lipinski definition) is 1. The van der Waals surface area contributed by atoms with E-state index in [1.54, 1.807) is 13.4 Å². The second kappa shape index (κ2) is 6.16. The highest BCUT2D eigenvalue weighted by Crippen LogP contribution is 2.32. The summed E-state index contributed by atoms with van der Waals surface area (Å²) in [4.78, 5) is 14.8. The molecule has 4 rings (SSSR count). The lowest BCUT2D eigenvalue weighted by Gasteiger charge is -2.30. The summed E-state index contributed by atoms with van der Waals surface area (Å²) in [5.74, 6) is 0.797. The van der Waals surface area contributed by atoms with Crippen molar-refractivity contribution in [1.82, 2.24) is 0 Å². The Morgan fingerprint density at radius 3 is 3.04 bits per heavy atom. The Bertz CT molecular complexity index is 945. The highest BCUT2D eigenvalue weighted by molar-refractivity contribution is 5.98. The first-order valence-corrected chi connectivity index (χ1v) is 8.39. The Kier molecular flexibility index (Phi) is 3.84. The maximum Gasteiger partial charge on any atom is 0.231 e. The number of nitrogen functional groups attached to an aromatic ring is 1. The molecule has 128 valence electrons. The second-order valence-corrected chi connectivity index (χ2v) is 6.29. The summed E-state index contributed by atoms with van der Waals surface area (Å²) in [6.45, 7) is 0.721. The summed E-state index contributed by atoms with van der Waals surface area (Å²) in [6.07, 6.45) is 3.80. The molecule has 0 bridgehead atoms. The minimum absolute atomic E-state index is 0.0602. The third-order valence-electron chi connectivity index (χ3n) is 4.79. The molecule has 0 aliphatic carbocycles. The summed E-state index contributed by atoms with van der Waals surface area (Å²) in [5.41, 5.74) is 10.5. The second-order valence-electron chi connectivity index (χ2n) is 6.29. The van der Waals surface area contributed by atoms with Gasteiger partial charge in [-0.3, -0.25) is 4.79 Å². The van der Waals surface area contributed by atoms with Gasteiger partial charge in [-0.25, -0.2) is 0 Å². The predicted molar refractivity (Wildman–Crippen MR) is 98.0 cm³/mol. The Labute approximate surface area is 146 Å². The molecule has 5 nitrogen and oxygen atoms in total. The van der Waals surface area contributed by atoms with Crippen molar-refractivity contribution < 1.29 is 13.9 Å². The average Bonchev–Trinajstić information content (AvgIpc) is 3.03. The van der Waals surface area contributed by atoms with Gasteiger partial charge in [0.25, 0.3) is 0 Å². The van der Waals surface area contributed by atoms with Crippen LogP contribution in [0.15, 0.2) is 47.1 Å². The van der Waals surface area contributed by atoms with Gasteiger partial charge in [-0.2, -0.15) is 0 Å². The molecule has 2 aromatic carbocycles. The van der Waals surface area contributed by atoms with E-state index >= 15 is 0 Å². The summed E-state index contributed by atoms with van der Waals surface area (Å²) in [5, 5.41) is 0.943. The first kappa shape index (κ1) is 15.6. The number of carbonyl (C=O) groups excluding carboxylic acids is 1. The molecule has 3 aromatic rings. The molecule has 0 fully saturated rings. The van der Waals surface area contributed by atoms with Crippen LogP contribution in [0.25, 0.3) is 11.0 Å². The van der Waals surface area contributed by atoms with Gasteiger partial charge >= 0.3 is 0 Å². The van der Waals surface area contributed by atoms with Crippen LogP contribution >= 0.6 is 0 Å². The fourth-order valence-corrected chi connectivity index (χ4v) is 3.50. The highest BCUT2D eigenvalue weighted by atomic mass is 16.5. The van der Waals surface area contributed by atoms with Gasteiger partial charge in [0, 0.05) is 34.9 Å². The van der Waals surface area contributed by atoms with E-state index < -0.39 is 0 Å². The Morgan fingerprint density at radius 1 is 1.32 bits per heavy atom. The zero-order valence-electron chi connectivity index (χ0n) is 14.1. The maximum atomic E-state index is 12.9. The van der Waals surface area contributed by atoms with E-state index in [1.165, 1.54) is 0 Å². The number of rotatable bonds is 3. The number of benzene rings is 2. The molecule has 1 aliphatic rings. The summed E-state index contributed by atoms with van der Waals surface area (Å²) in [7, 11) is 1.62. The molecule has 2 N–H and O–H groups in total. The number of hydrogen-bond acceptors (Lipinski definition) is 4. The predicted octanol–water partition coefficient (Wildman–Crippen LogP) is 3.55. The van der Waals surface area contributed by atoms with Crippen molar-refractivity contribution in [3.8, 4) is 5.75 Å². The van der Waals surface area contributed by atoms with E-state index in [-0.39, 0.29) is 5.91 Å². The number of carbonyl (C=O) groups is 1. The van der Waals surface area contributed by atoms with Crippen LogP contribution in [0.1, 0.15) is 17.5 Å². The lowest BCUT2D eigenvalue weighted by atomic mass is 9.99. The number of nitrogens with two attached hydrogens (primary N) is 1. The number of fused-ring (bicyclic) bond motifs is 2. The molecule has 0 atom stereocenters. The van der Waals surface area contributed by atoms with Gasteiger partial charge in [0.05, 0.1) is 19.8 Å². The molecular weight excluding hydrogens is 316 g/mol. The van der Waals surface area contributed by atoms with Gasteiger partial charge < -0.3 is 19.8 Å². The van der Waals surface area contributed by atoms with E-state index in [2.05, 4.69) is 0 Å². The smallest absolute Gasteiger partial charge is 0.231 e. The molecule has 0 radical (unpaired) electrons. The number of nitrogens with zero attached hydrogens (tertiary/aromatic N) is 1. The molecule has 0 saturated carbocycles. The van der Waals surface area contributed by atoms with Crippen molar-refractivity contribution in [2.45, 2.75) is 19.3 Å². The highest BCUT2D eigenvalue weighted by Gasteiger charge is 2.24. The van der Waals surface area contributed by atoms with E-state index in [0.717, 1.165) is 58.6 Å². The summed E-state index contributed by atoms with van der Waals surface area (Å²) < 4.78 is 10.8. The molecule has 1 amide bonds. The standard InChI is InChI=1S/C20H20N2O3/c1-24-14-7-8-15-13(12-25-19(15)11-14)10-20(23)22-9-3-4-16-17(21)5-2-6-18(16)22/h2,5-8,11-12H,3-4,9-10,21H2,1H3.